The van der Waals surface area contributed by atoms with E-state index < -0.39 is 23.2 Å². The van der Waals surface area contributed by atoms with E-state index in [4.69, 9.17) is 4.74 Å². The number of hydrogen-bond donors (Lipinski definition) is 1. The molecule has 2 aromatic carbocycles. The van der Waals surface area contributed by atoms with Crippen LogP contribution in [0.3, 0.4) is 0 Å². The van der Waals surface area contributed by atoms with Gasteiger partial charge in [0.1, 0.15) is 17.4 Å². The van der Waals surface area contributed by atoms with Crippen LogP contribution < -0.4 is 4.74 Å². The Hall–Kier alpha value is -2.96. The highest BCUT2D eigenvalue weighted by atomic mass is 19.1. The van der Waals surface area contributed by atoms with Gasteiger partial charge in [-0.2, -0.15) is 0 Å². The summed E-state index contributed by atoms with van der Waals surface area (Å²) in [6.45, 7) is 4.09. The van der Waals surface area contributed by atoms with E-state index in [0.29, 0.717) is 56.0 Å². The minimum absolute atomic E-state index is 0.0462. The van der Waals surface area contributed by atoms with Crippen molar-refractivity contribution in [1.82, 2.24) is 4.90 Å². The summed E-state index contributed by atoms with van der Waals surface area (Å²) in [5, 5.41) is 9.52. The Labute approximate surface area is 218 Å². The summed E-state index contributed by atoms with van der Waals surface area (Å²) in [4.78, 5) is 26.6. The Morgan fingerprint density at radius 1 is 1.05 bits per heavy atom. The first-order valence-corrected chi connectivity index (χ1v) is 13.4. The maximum atomic E-state index is 14.2. The quantitative estimate of drug-likeness (QED) is 0.328. The van der Waals surface area contributed by atoms with Gasteiger partial charge in [0.05, 0.1) is 0 Å². The molecule has 2 aromatic rings. The van der Waals surface area contributed by atoms with Crippen LogP contribution in [0.4, 0.5) is 8.78 Å². The zero-order chi connectivity index (χ0) is 26.8. The molecule has 0 radical (unpaired) electrons. The Morgan fingerprint density at radius 3 is 2.46 bits per heavy atom. The van der Waals surface area contributed by atoms with E-state index in [-0.39, 0.29) is 5.91 Å². The molecule has 0 bridgehead atoms. The van der Waals surface area contributed by atoms with Crippen molar-refractivity contribution in [2.24, 2.45) is 5.92 Å². The van der Waals surface area contributed by atoms with Crippen molar-refractivity contribution < 1.29 is 28.2 Å². The molecule has 3 rings (SSSR count). The fourth-order valence-corrected chi connectivity index (χ4v) is 4.86. The third-order valence-electron chi connectivity index (χ3n) is 7.55. The van der Waals surface area contributed by atoms with Gasteiger partial charge in [0.25, 0.3) is 0 Å². The summed E-state index contributed by atoms with van der Waals surface area (Å²) in [5.41, 5.74) is -0.0207. The molecule has 0 spiro atoms. The molecule has 0 heterocycles. The number of ether oxygens (including phenoxy) is 1. The first kappa shape index (κ1) is 28.6. The molecule has 0 saturated heterocycles. The van der Waals surface area contributed by atoms with Gasteiger partial charge in [-0.15, -0.1) is 0 Å². The van der Waals surface area contributed by atoms with Gasteiger partial charge in [-0.25, -0.2) is 13.6 Å². The van der Waals surface area contributed by atoms with Gasteiger partial charge in [0.15, 0.2) is 0 Å². The molecule has 1 aliphatic carbocycles. The smallest absolute Gasteiger partial charge is 0.347 e. The van der Waals surface area contributed by atoms with Crippen LogP contribution in [0.1, 0.15) is 76.3 Å². The number of halogens is 2. The average Bonchev–Trinajstić information content (AvgIpc) is 2.89. The SMILES string of the molecule is CCC(C)(Oc1cccc(CCN(CCc2ccc(F)cc2F)C(=O)CCC2CCCCC2)c1)C(=O)O. The second-order valence-electron chi connectivity index (χ2n) is 10.3. The summed E-state index contributed by atoms with van der Waals surface area (Å²) < 4.78 is 33.3. The van der Waals surface area contributed by atoms with Crippen LogP contribution in [-0.4, -0.2) is 40.6 Å². The molecular weight excluding hydrogens is 476 g/mol. The van der Waals surface area contributed by atoms with E-state index in [2.05, 4.69) is 0 Å². The Kier molecular flexibility index (Phi) is 10.5. The van der Waals surface area contributed by atoms with Crippen LogP contribution in [0, 0.1) is 17.6 Å². The predicted molar refractivity (Wildman–Crippen MR) is 140 cm³/mol. The minimum Gasteiger partial charge on any atom is -0.478 e. The van der Waals surface area contributed by atoms with E-state index in [1.165, 1.54) is 44.2 Å². The third-order valence-corrected chi connectivity index (χ3v) is 7.55. The Bertz CT molecular complexity index is 1050. The normalized spacial score (nSPS) is 15.7. The highest BCUT2D eigenvalue weighted by Crippen LogP contribution is 2.28. The van der Waals surface area contributed by atoms with Crippen LogP contribution in [0.15, 0.2) is 42.5 Å². The number of nitrogens with zero attached hydrogens (tertiary/aromatic N) is 1. The van der Waals surface area contributed by atoms with Gasteiger partial charge < -0.3 is 14.7 Å². The molecule has 0 aliphatic heterocycles. The molecule has 37 heavy (non-hydrogen) atoms. The molecule has 1 N–H and O–H groups in total. The first-order valence-electron chi connectivity index (χ1n) is 13.4. The monoisotopic (exact) mass is 515 g/mol. The van der Waals surface area contributed by atoms with E-state index in [1.807, 2.05) is 12.1 Å². The lowest BCUT2D eigenvalue weighted by molar-refractivity contribution is -0.154. The molecule has 1 unspecified atom stereocenters. The van der Waals surface area contributed by atoms with Crippen LogP contribution in [0.5, 0.6) is 5.75 Å². The summed E-state index contributed by atoms with van der Waals surface area (Å²) in [6, 6.07) is 10.8. The fourth-order valence-electron chi connectivity index (χ4n) is 4.86. The van der Waals surface area contributed by atoms with Gasteiger partial charge in [-0.1, -0.05) is 57.2 Å². The number of carboxylic acids is 1. The molecule has 1 aliphatic rings. The Balaban J connectivity index is 1.66. The number of aliphatic carboxylic acids is 1. The molecule has 0 aromatic heterocycles. The van der Waals surface area contributed by atoms with Crippen molar-refractivity contribution in [3.8, 4) is 5.75 Å². The molecule has 1 atom stereocenters. The number of rotatable bonds is 13. The maximum Gasteiger partial charge on any atom is 0.347 e. The van der Waals surface area contributed by atoms with E-state index in [0.717, 1.165) is 18.1 Å². The molecule has 1 amide bonds. The molecular formula is C30H39F2NO4. The highest BCUT2D eigenvalue weighted by molar-refractivity contribution is 5.77. The molecule has 7 heteroatoms. The summed E-state index contributed by atoms with van der Waals surface area (Å²) >= 11 is 0. The van der Waals surface area contributed by atoms with Gasteiger partial charge in [-0.05, 0) is 67.9 Å². The average molecular weight is 516 g/mol. The van der Waals surface area contributed by atoms with Crippen LogP contribution >= 0.6 is 0 Å². The van der Waals surface area contributed by atoms with E-state index in [1.54, 1.807) is 30.9 Å². The van der Waals surface area contributed by atoms with Crippen molar-refractivity contribution in [2.75, 3.05) is 13.1 Å². The topological polar surface area (TPSA) is 66.8 Å². The third kappa shape index (κ3) is 8.54. The van der Waals surface area contributed by atoms with Gasteiger partial charge in [-0.3, -0.25) is 4.79 Å². The van der Waals surface area contributed by atoms with E-state index >= 15 is 0 Å². The maximum absolute atomic E-state index is 14.2. The lowest BCUT2D eigenvalue weighted by atomic mass is 9.86. The molecule has 202 valence electrons. The van der Waals surface area contributed by atoms with Crippen LogP contribution in [-0.2, 0) is 22.4 Å². The van der Waals surface area contributed by atoms with Gasteiger partial charge >= 0.3 is 5.97 Å². The minimum atomic E-state index is -1.32. The van der Waals surface area contributed by atoms with Crippen molar-refractivity contribution in [3.63, 3.8) is 0 Å². The number of hydrogen-bond acceptors (Lipinski definition) is 3. The standard InChI is InChI=1S/C30H39F2NO4/c1-3-30(2,29(35)36)37-26-11-7-10-23(20-26)16-18-33(19-17-24-13-14-25(31)21-27(24)32)28(34)15-12-22-8-5-4-6-9-22/h7,10-11,13-14,20-22H,3-6,8-9,12,15-19H2,1-2H3,(H,35,36). The number of carbonyl (C=O) groups excluding carboxylic acids is 1. The lowest BCUT2D eigenvalue weighted by Gasteiger charge is -2.26. The summed E-state index contributed by atoms with van der Waals surface area (Å²) in [7, 11) is 0. The largest absolute Gasteiger partial charge is 0.478 e. The first-order chi connectivity index (χ1) is 17.7. The summed E-state index contributed by atoms with van der Waals surface area (Å²) in [6.07, 6.45) is 8.57. The Morgan fingerprint density at radius 2 is 1.78 bits per heavy atom. The second-order valence-corrected chi connectivity index (χ2v) is 10.3. The number of amides is 1. The second kappa shape index (κ2) is 13.5. The lowest BCUT2D eigenvalue weighted by Crippen LogP contribution is -2.40. The highest BCUT2D eigenvalue weighted by Gasteiger charge is 2.33. The molecule has 1 fully saturated rings. The van der Waals surface area contributed by atoms with Crippen molar-refractivity contribution >= 4 is 11.9 Å². The van der Waals surface area contributed by atoms with Crippen molar-refractivity contribution in [2.45, 2.75) is 83.7 Å². The van der Waals surface area contributed by atoms with Gasteiger partial charge in [0, 0.05) is 25.6 Å². The van der Waals surface area contributed by atoms with Crippen LogP contribution in [0.25, 0.3) is 0 Å². The van der Waals surface area contributed by atoms with Gasteiger partial charge in [0.2, 0.25) is 11.5 Å². The number of benzene rings is 2. The van der Waals surface area contributed by atoms with Crippen molar-refractivity contribution in [1.29, 1.82) is 0 Å². The molecule has 1 saturated carbocycles. The zero-order valence-electron chi connectivity index (χ0n) is 22.0. The van der Waals surface area contributed by atoms with Crippen molar-refractivity contribution in [3.05, 3.63) is 65.2 Å². The molecule has 5 nitrogen and oxygen atoms in total. The predicted octanol–water partition coefficient (Wildman–Crippen LogP) is 6.57. The zero-order valence-corrected chi connectivity index (χ0v) is 22.0. The number of carboxylic acid groups (broad SMARTS) is 1. The number of carbonyl (C=O) groups is 2. The summed E-state index contributed by atoms with van der Waals surface area (Å²) in [5.74, 6) is -1.14. The fraction of sp³-hybridized carbons (Fsp3) is 0.533. The van der Waals surface area contributed by atoms with E-state index in [9.17, 15) is 23.5 Å². The van der Waals surface area contributed by atoms with Crippen LogP contribution in [0.2, 0.25) is 0 Å².